The van der Waals surface area contributed by atoms with Gasteiger partial charge in [0.05, 0.1) is 24.3 Å². The zero-order valence-electron chi connectivity index (χ0n) is 20.2. The van der Waals surface area contributed by atoms with Crippen LogP contribution in [0.25, 0.3) is 0 Å². The predicted molar refractivity (Wildman–Crippen MR) is 132 cm³/mol. The fourth-order valence-electron chi connectivity index (χ4n) is 4.64. The van der Waals surface area contributed by atoms with Gasteiger partial charge in [-0.25, -0.2) is 9.59 Å². The molecule has 0 radical (unpaired) electrons. The molecule has 3 aromatic rings. The van der Waals surface area contributed by atoms with E-state index in [1.165, 1.54) is 12.1 Å². The second-order valence-electron chi connectivity index (χ2n) is 8.43. The Hall–Kier alpha value is -3.81. The lowest BCUT2D eigenvalue weighted by atomic mass is 9.73. The highest BCUT2D eigenvalue weighted by atomic mass is 16.6. The number of Topliss-reactive ketones (excluding diaryl/α,β-unsaturated/α-hetero) is 1. The number of carbonyl (C=O) groups excluding carboxylic acids is 3. The average molecular weight is 489 g/mol. The topological polar surface area (TPSA) is 99.1 Å². The maximum atomic E-state index is 14.2. The van der Waals surface area contributed by atoms with Gasteiger partial charge in [0.25, 0.3) is 0 Å². The Labute approximate surface area is 209 Å². The van der Waals surface area contributed by atoms with Crippen molar-refractivity contribution >= 4 is 17.7 Å². The number of aliphatic hydroxyl groups is 1. The molecule has 0 aliphatic carbocycles. The molecular weight excluding hydrogens is 460 g/mol. The number of benzene rings is 3. The van der Waals surface area contributed by atoms with Crippen LogP contribution in [0.5, 0.6) is 0 Å². The lowest BCUT2D eigenvalue weighted by molar-refractivity contribution is -0.125. The van der Waals surface area contributed by atoms with E-state index >= 15 is 0 Å². The van der Waals surface area contributed by atoms with Gasteiger partial charge in [0.15, 0.2) is 17.7 Å². The molecule has 0 unspecified atom stereocenters. The molecule has 1 N–H and O–H groups in total. The SMILES string of the molecule is CCOC(=O)c1ccc(C(=O)[C@@]2(c3ccc(C(=O)OCC)cc3)O[C@H](O)C[C@H]2c2ccccc2)cc1. The smallest absolute Gasteiger partial charge is 0.338 e. The van der Waals surface area contributed by atoms with Gasteiger partial charge in [-0.3, -0.25) is 4.79 Å². The van der Waals surface area contributed by atoms with Gasteiger partial charge in [0, 0.05) is 17.9 Å². The Morgan fingerprint density at radius 3 is 1.83 bits per heavy atom. The number of hydrogen-bond donors (Lipinski definition) is 1. The van der Waals surface area contributed by atoms with Crippen LogP contribution in [0, 0.1) is 0 Å². The van der Waals surface area contributed by atoms with Crippen LogP contribution in [0.4, 0.5) is 0 Å². The monoisotopic (exact) mass is 488 g/mol. The molecule has 1 fully saturated rings. The van der Waals surface area contributed by atoms with E-state index in [4.69, 9.17) is 14.2 Å². The number of ether oxygens (including phenoxy) is 3. The first kappa shape index (κ1) is 25.3. The fraction of sp³-hybridized carbons (Fsp3) is 0.276. The summed E-state index contributed by atoms with van der Waals surface area (Å²) in [5.41, 5.74) is 0.761. The Bertz CT molecular complexity index is 1220. The summed E-state index contributed by atoms with van der Waals surface area (Å²) in [6.07, 6.45) is -0.973. The molecule has 186 valence electrons. The molecule has 1 aliphatic rings. The molecule has 0 saturated carbocycles. The van der Waals surface area contributed by atoms with Crippen molar-refractivity contribution < 1.29 is 33.7 Å². The van der Waals surface area contributed by atoms with Crippen LogP contribution < -0.4 is 0 Å². The quantitative estimate of drug-likeness (QED) is 0.364. The summed E-state index contributed by atoms with van der Waals surface area (Å²) in [4.78, 5) is 38.4. The number of aliphatic hydroxyl groups excluding tert-OH is 1. The molecule has 0 aromatic heterocycles. The van der Waals surface area contributed by atoms with Gasteiger partial charge in [0.2, 0.25) is 0 Å². The van der Waals surface area contributed by atoms with E-state index in [-0.39, 0.29) is 25.4 Å². The molecule has 7 heteroatoms. The third-order valence-electron chi connectivity index (χ3n) is 6.27. The summed E-state index contributed by atoms with van der Waals surface area (Å²) in [6.45, 7) is 3.94. The summed E-state index contributed by atoms with van der Waals surface area (Å²) >= 11 is 0. The molecular formula is C29H28O7. The van der Waals surface area contributed by atoms with Crippen molar-refractivity contribution in [3.63, 3.8) is 0 Å². The van der Waals surface area contributed by atoms with Crippen molar-refractivity contribution in [3.8, 4) is 0 Å². The molecule has 3 aromatic carbocycles. The Balaban J connectivity index is 1.81. The van der Waals surface area contributed by atoms with Crippen molar-refractivity contribution in [3.05, 3.63) is 107 Å². The maximum Gasteiger partial charge on any atom is 0.338 e. The van der Waals surface area contributed by atoms with Crippen molar-refractivity contribution in [2.75, 3.05) is 13.2 Å². The zero-order valence-corrected chi connectivity index (χ0v) is 20.2. The summed E-state index contributed by atoms with van der Waals surface area (Å²) in [5.74, 6) is -1.81. The molecule has 3 atom stereocenters. The maximum absolute atomic E-state index is 14.2. The first-order valence-corrected chi connectivity index (χ1v) is 11.9. The molecule has 36 heavy (non-hydrogen) atoms. The Kier molecular flexibility index (Phi) is 7.62. The van der Waals surface area contributed by atoms with Gasteiger partial charge < -0.3 is 19.3 Å². The highest BCUT2D eigenvalue weighted by Crippen LogP contribution is 2.51. The lowest BCUT2D eigenvalue weighted by Crippen LogP contribution is -2.41. The van der Waals surface area contributed by atoms with Gasteiger partial charge in [-0.2, -0.15) is 0 Å². The highest BCUT2D eigenvalue weighted by Gasteiger charge is 2.55. The summed E-state index contributed by atoms with van der Waals surface area (Å²) in [7, 11) is 0. The van der Waals surface area contributed by atoms with Crippen LogP contribution in [0.15, 0.2) is 78.9 Å². The van der Waals surface area contributed by atoms with Crippen LogP contribution in [-0.4, -0.2) is 42.3 Å². The number of hydrogen-bond acceptors (Lipinski definition) is 7. The van der Waals surface area contributed by atoms with E-state index in [1.54, 1.807) is 50.2 Å². The molecule has 1 heterocycles. The molecule has 0 bridgehead atoms. The van der Waals surface area contributed by atoms with Crippen LogP contribution in [0.1, 0.15) is 68.4 Å². The summed E-state index contributed by atoms with van der Waals surface area (Å²) in [6, 6.07) is 22.1. The molecule has 0 amide bonds. The molecule has 4 rings (SSSR count). The van der Waals surface area contributed by atoms with Crippen LogP contribution in [0.3, 0.4) is 0 Å². The molecule has 1 saturated heterocycles. The normalized spacial score (nSPS) is 21.1. The van der Waals surface area contributed by atoms with Crippen LogP contribution >= 0.6 is 0 Å². The minimum atomic E-state index is -1.56. The number of rotatable bonds is 8. The van der Waals surface area contributed by atoms with E-state index in [1.807, 2.05) is 30.3 Å². The van der Waals surface area contributed by atoms with Gasteiger partial charge in [-0.1, -0.05) is 54.6 Å². The van der Waals surface area contributed by atoms with E-state index < -0.39 is 29.7 Å². The van der Waals surface area contributed by atoms with E-state index in [0.717, 1.165) is 5.56 Å². The highest BCUT2D eigenvalue weighted by molar-refractivity contribution is 6.05. The van der Waals surface area contributed by atoms with Gasteiger partial charge in [-0.15, -0.1) is 0 Å². The Morgan fingerprint density at radius 1 is 0.806 bits per heavy atom. The van der Waals surface area contributed by atoms with Crippen molar-refractivity contribution in [1.82, 2.24) is 0 Å². The Morgan fingerprint density at radius 2 is 1.31 bits per heavy atom. The fourth-order valence-corrected chi connectivity index (χ4v) is 4.64. The summed E-state index contributed by atoms with van der Waals surface area (Å²) in [5, 5.41) is 10.6. The van der Waals surface area contributed by atoms with Gasteiger partial charge in [0.1, 0.15) is 0 Å². The standard InChI is InChI=1S/C29H28O7/c1-3-34-27(32)21-12-10-20(11-13-21)26(31)29(23-16-14-22(15-17-23)28(33)35-4-2)24(18-25(30)36-29)19-8-6-5-7-9-19/h5-17,24-25,30H,3-4,18H2,1-2H3/t24-,25-,29-/m0/s1. The van der Waals surface area contributed by atoms with Crippen LogP contribution in [-0.2, 0) is 19.8 Å². The first-order chi connectivity index (χ1) is 17.4. The zero-order chi connectivity index (χ0) is 25.7. The average Bonchev–Trinajstić information content (AvgIpc) is 3.27. The second kappa shape index (κ2) is 10.8. The molecule has 1 aliphatic heterocycles. The van der Waals surface area contributed by atoms with Crippen molar-refractivity contribution in [2.45, 2.75) is 38.1 Å². The first-order valence-electron chi connectivity index (χ1n) is 11.9. The van der Waals surface area contributed by atoms with Crippen molar-refractivity contribution in [1.29, 1.82) is 0 Å². The van der Waals surface area contributed by atoms with E-state index in [0.29, 0.717) is 22.3 Å². The largest absolute Gasteiger partial charge is 0.462 e. The number of carbonyl (C=O) groups is 3. The number of ketones is 1. The third kappa shape index (κ3) is 4.80. The second-order valence-corrected chi connectivity index (χ2v) is 8.43. The van der Waals surface area contributed by atoms with Gasteiger partial charge >= 0.3 is 11.9 Å². The summed E-state index contributed by atoms with van der Waals surface area (Å²) < 4.78 is 16.2. The number of esters is 2. The molecule has 0 spiro atoms. The third-order valence-corrected chi connectivity index (χ3v) is 6.27. The lowest BCUT2D eigenvalue weighted by Gasteiger charge is -2.34. The van der Waals surface area contributed by atoms with Crippen molar-refractivity contribution in [2.24, 2.45) is 0 Å². The minimum Gasteiger partial charge on any atom is -0.462 e. The van der Waals surface area contributed by atoms with E-state index in [9.17, 15) is 19.5 Å². The minimum absolute atomic E-state index is 0.205. The van der Waals surface area contributed by atoms with Gasteiger partial charge in [-0.05, 0) is 49.2 Å². The van der Waals surface area contributed by atoms with E-state index in [2.05, 4.69) is 0 Å². The molecule has 7 nitrogen and oxygen atoms in total. The van der Waals surface area contributed by atoms with Crippen LogP contribution in [0.2, 0.25) is 0 Å². The predicted octanol–water partition coefficient (Wildman–Crippen LogP) is 4.64.